The molecule has 0 radical (unpaired) electrons. The summed E-state index contributed by atoms with van der Waals surface area (Å²) >= 11 is 0. The summed E-state index contributed by atoms with van der Waals surface area (Å²) in [5.41, 5.74) is 0. The molecule has 0 N–H and O–H groups in total. The lowest BCUT2D eigenvalue weighted by atomic mass is 10.1. The Hall–Kier alpha value is -0.790. The van der Waals surface area contributed by atoms with Gasteiger partial charge in [-0.05, 0) is 17.8 Å². The lowest BCUT2D eigenvalue weighted by molar-refractivity contribution is 0.466. The highest BCUT2D eigenvalue weighted by Crippen LogP contribution is 2.61. The summed E-state index contributed by atoms with van der Waals surface area (Å²) in [6.07, 6.45) is 4.04. The third kappa shape index (κ3) is 0.637. The molecule has 1 saturated carbocycles. The summed E-state index contributed by atoms with van der Waals surface area (Å²) in [5.74, 6) is 4.85. The van der Waals surface area contributed by atoms with Crippen molar-refractivity contribution in [2.45, 2.75) is 26.3 Å². The average molecular weight is 162 g/mol. The van der Waals surface area contributed by atoms with Gasteiger partial charge in [-0.3, -0.25) is 0 Å². The predicted molar refractivity (Wildman–Crippen MR) is 46.8 cm³/mol. The maximum Gasteiger partial charge on any atom is 0.112 e. The monoisotopic (exact) mass is 162 g/mol. The highest BCUT2D eigenvalue weighted by molar-refractivity contribution is 5.22. The summed E-state index contributed by atoms with van der Waals surface area (Å²) in [7, 11) is 0. The SMILES string of the molecule is CC(C)C1C2Cn3ccnc3C21. The van der Waals surface area contributed by atoms with Gasteiger partial charge in [-0.25, -0.2) is 4.98 Å². The summed E-state index contributed by atoms with van der Waals surface area (Å²) in [5, 5.41) is 0. The average Bonchev–Trinajstić information content (AvgIpc) is 2.40. The molecule has 2 heterocycles. The number of nitrogens with zero attached hydrogens (tertiary/aromatic N) is 2. The Labute approximate surface area is 72.6 Å². The molecule has 2 heteroatoms. The first kappa shape index (κ1) is 6.70. The topological polar surface area (TPSA) is 17.8 Å². The van der Waals surface area contributed by atoms with Crippen LogP contribution in [0.1, 0.15) is 25.6 Å². The van der Waals surface area contributed by atoms with Crippen LogP contribution in [0.3, 0.4) is 0 Å². The maximum absolute atomic E-state index is 4.42. The van der Waals surface area contributed by atoms with E-state index >= 15 is 0 Å². The molecule has 64 valence electrons. The first-order valence-corrected chi connectivity index (χ1v) is 4.80. The molecule has 0 spiro atoms. The number of imidazole rings is 1. The van der Waals surface area contributed by atoms with Crippen molar-refractivity contribution in [3.8, 4) is 0 Å². The zero-order valence-electron chi connectivity index (χ0n) is 7.57. The second kappa shape index (κ2) is 1.93. The Balaban J connectivity index is 1.93. The van der Waals surface area contributed by atoms with Crippen molar-refractivity contribution in [3.05, 3.63) is 18.2 Å². The van der Waals surface area contributed by atoms with E-state index in [-0.39, 0.29) is 0 Å². The van der Waals surface area contributed by atoms with Gasteiger partial charge in [-0.1, -0.05) is 13.8 Å². The molecule has 0 aromatic carbocycles. The van der Waals surface area contributed by atoms with E-state index in [0.717, 1.165) is 23.7 Å². The van der Waals surface area contributed by atoms with Crippen LogP contribution in [-0.4, -0.2) is 9.55 Å². The molecule has 3 unspecified atom stereocenters. The van der Waals surface area contributed by atoms with E-state index in [1.54, 1.807) is 0 Å². The third-order valence-corrected chi connectivity index (χ3v) is 3.45. The molecule has 2 aliphatic rings. The number of hydrogen-bond donors (Lipinski definition) is 0. The first-order valence-electron chi connectivity index (χ1n) is 4.80. The molecule has 0 amide bonds. The number of aromatic nitrogens is 2. The van der Waals surface area contributed by atoms with Crippen LogP contribution in [-0.2, 0) is 6.54 Å². The van der Waals surface area contributed by atoms with Crippen LogP contribution < -0.4 is 0 Å². The standard InChI is InChI=1S/C10H14N2/c1-6(2)8-7-5-12-4-3-11-10(12)9(7)8/h3-4,6-9H,5H2,1-2H3. The van der Waals surface area contributed by atoms with E-state index in [1.165, 1.54) is 12.4 Å². The molecule has 1 aromatic rings. The van der Waals surface area contributed by atoms with Crippen LogP contribution in [0.2, 0.25) is 0 Å². The Bertz CT molecular complexity index is 313. The van der Waals surface area contributed by atoms with Gasteiger partial charge in [0.2, 0.25) is 0 Å². The molecule has 1 aliphatic carbocycles. The molecule has 3 rings (SSSR count). The second-order valence-electron chi connectivity index (χ2n) is 4.45. The zero-order valence-corrected chi connectivity index (χ0v) is 7.57. The first-order chi connectivity index (χ1) is 5.79. The minimum atomic E-state index is 0.806. The molecule has 0 saturated heterocycles. The molecule has 1 aromatic heterocycles. The van der Waals surface area contributed by atoms with Gasteiger partial charge in [-0.2, -0.15) is 0 Å². The zero-order chi connectivity index (χ0) is 8.29. The molecule has 1 fully saturated rings. The largest absolute Gasteiger partial charge is 0.334 e. The summed E-state index contributed by atoms with van der Waals surface area (Å²) in [6.45, 7) is 5.88. The van der Waals surface area contributed by atoms with Gasteiger partial charge in [0.15, 0.2) is 0 Å². The number of rotatable bonds is 1. The minimum Gasteiger partial charge on any atom is -0.334 e. The Kier molecular flexibility index (Phi) is 1.07. The van der Waals surface area contributed by atoms with Crippen LogP contribution in [0.25, 0.3) is 0 Å². The molecule has 2 nitrogen and oxygen atoms in total. The van der Waals surface area contributed by atoms with Crippen molar-refractivity contribution in [3.63, 3.8) is 0 Å². The maximum atomic E-state index is 4.42. The lowest BCUT2D eigenvalue weighted by Gasteiger charge is -2.07. The van der Waals surface area contributed by atoms with Crippen molar-refractivity contribution in [1.82, 2.24) is 9.55 Å². The Morgan fingerprint density at radius 1 is 1.58 bits per heavy atom. The quantitative estimate of drug-likeness (QED) is 0.616. The number of hydrogen-bond acceptors (Lipinski definition) is 1. The van der Waals surface area contributed by atoms with E-state index < -0.39 is 0 Å². The van der Waals surface area contributed by atoms with E-state index in [2.05, 4.69) is 29.6 Å². The summed E-state index contributed by atoms with van der Waals surface area (Å²) in [4.78, 5) is 4.42. The van der Waals surface area contributed by atoms with Crippen LogP contribution in [0, 0.1) is 17.8 Å². The van der Waals surface area contributed by atoms with Gasteiger partial charge in [0.05, 0.1) is 0 Å². The molecule has 3 atom stereocenters. The van der Waals surface area contributed by atoms with Crippen LogP contribution in [0.4, 0.5) is 0 Å². The fourth-order valence-electron chi connectivity index (χ4n) is 2.91. The molecule has 0 bridgehead atoms. The van der Waals surface area contributed by atoms with Crippen molar-refractivity contribution >= 4 is 0 Å². The lowest BCUT2D eigenvalue weighted by Crippen LogP contribution is -2.04. The second-order valence-corrected chi connectivity index (χ2v) is 4.45. The van der Waals surface area contributed by atoms with Crippen LogP contribution in [0.5, 0.6) is 0 Å². The fraction of sp³-hybridized carbons (Fsp3) is 0.700. The van der Waals surface area contributed by atoms with Gasteiger partial charge in [0.1, 0.15) is 5.82 Å². The van der Waals surface area contributed by atoms with Crippen LogP contribution >= 0.6 is 0 Å². The third-order valence-electron chi connectivity index (χ3n) is 3.45. The van der Waals surface area contributed by atoms with Gasteiger partial charge < -0.3 is 4.57 Å². The van der Waals surface area contributed by atoms with Crippen LogP contribution in [0.15, 0.2) is 12.4 Å². The Morgan fingerprint density at radius 3 is 3.17 bits per heavy atom. The summed E-state index contributed by atoms with van der Waals surface area (Å²) in [6, 6.07) is 0. The highest BCUT2D eigenvalue weighted by atomic mass is 15.1. The van der Waals surface area contributed by atoms with Crippen molar-refractivity contribution in [1.29, 1.82) is 0 Å². The molecular formula is C10H14N2. The Morgan fingerprint density at radius 2 is 2.42 bits per heavy atom. The van der Waals surface area contributed by atoms with Crippen molar-refractivity contribution in [2.24, 2.45) is 17.8 Å². The van der Waals surface area contributed by atoms with E-state index in [9.17, 15) is 0 Å². The number of fused-ring (bicyclic) bond motifs is 3. The van der Waals surface area contributed by atoms with Gasteiger partial charge in [0.25, 0.3) is 0 Å². The van der Waals surface area contributed by atoms with Crippen molar-refractivity contribution in [2.75, 3.05) is 0 Å². The molecule has 1 aliphatic heterocycles. The minimum absolute atomic E-state index is 0.806. The van der Waals surface area contributed by atoms with Gasteiger partial charge in [0, 0.05) is 24.9 Å². The van der Waals surface area contributed by atoms with E-state index in [4.69, 9.17) is 0 Å². The van der Waals surface area contributed by atoms with Gasteiger partial charge >= 0.3 is 0 Å². The van der Waals surface area contributed by atoms with Crippen molar-refractivity contribution < 1.29 is 0 Å². The molecule has 12 heavy (non-hydrogen) atoms. The van der Waals surface area contributed by atoms with E-state index in [1.807, 2.05) is 6.20 Å². The predicted octanol–water partition coefficient (Wildman–Crippen LogP) is 1.88. The normalized spacial score (nSPS) is 36.8. The summed E-state index contributed by atoms with van der Waals surface area (Å²) < 4.78 is 2.31. The van der Waals surface area contributed by atoms with Gasteiger partial charge in [-0.15, -0.1) is 0 Å². The smallest absolute Gasteiger partial charge is 0.112 e. The fourth-order valence-corrected chi connectivity index (χ4v) is 2.91. The molecular weight excluding hydrogens is 148 g/mol. The van der Waals surface area contributed by atoms with E-state index in [0.29, 0.717) is 0 Å². The highest BCUT2D eigenvalue weighted by Gasteiger charge is 2.57.